The van der Waals surface area contributed by atoms with Crippen LogP contribution in [-0.2, 0) is 11.2 Å². The highest BCUT2D eigenvalue weighted by Crippen LogP contribution is 2.15. The molecule has 112 valence electrons. The van der Waals surface area contributed by atoms with E-state index in [2.05, 4.69) is 16.7 Å². The molecule has 5 heteroatoms. The third kappa shape index (κ3) is 4.32. The van der Waals surface area contributed by atoms with Gasteiger partial charge in [-0.1, -0.05) is 12.1 Å². The molecule has 0 spiro atoms. The molecule has 2 aromatic carbocycles. The average molecular weight is 297 g/mol. The average Bonchev–Trinajstić information content (AvgIpc) is 2.49. The van der Waals surface area contributed by atoms with Gasteiger partial charge >= 0.3 is 0 Å². The molecule has 0 saturated heterocycles. The second-order valence-electron chi connectivity index (χ2n) is 4.89. The molecular weight excluding hydrogens is 281 g/mol. The van der Waals surface area contributed by atoms with Crippen LogP contribution in [0.15, 0.2) is 42.5 Å². The fourth-order valence-electron chi connectivity index (χ4n) is 2.00. The Kier molecular flexibility index (Phi) is 5.10. The molecule has 2 rings (SSSR count). The normalized spacial score (nSPS) is 9.86. The summed E-state index contributed by atoms with van der Waals surface area (Å²) in [5.74, 6) is -0.498. The second kappa shape index (κ2) is 7.23. The Morgan fingerprint density at radius 1 is 1.23 bits per heavy atom. The Bertz CT molecular complexity index is 705. The Morgan fingerprint density at radius 3 is 2.59 bits per heavy atom. The van der Waals surface area contributed by atoms with E-state index < -0.39 is 0 Å². The number of aryl methyl sites for hydroxylation is 1. The number of hydrogen-bond donors (Lipinski definition) is 2. The number of carbonyl (C=O) groups excluding carboxylic acids is 1. The van der Waals surface area contributed by atoms with Gasteiger partial charge in [0.25, 0.3) is 0 Å². The molecule has 0 saturated carbocycles. The van der Waals surface area contributed by atoms with Crippen LogP contribution in [0.1, 0.15) is 11.1 Å². The number of rotatable bonds is 5. The van der Waals surface area contributed by atoms with Gasteiger partial charge in [0, 0.05) is 11.4 Å². The van der Waals surface area contributed by atoms with Crippen LogP contribution in [0.25, 0.3) is 0 Å². The largest absolute Gasteiger partial charge is 0.376 e. The highest BCUT2D eigenvalue weighted by atomic mass is 19.1. The molecule has 2 N–H and O–H groups in total. The van der Waals surface area contributed by atoms with Gasteiger partial charge in [-0.3, -0.25) is 4.79 Å². The SMILES string of the molecule is Cc1cc(F)ccc1NCC(=O)Nc1ccc(CC#N)cc1. The van der Waals surface area contributed by atoms with Crippen molar-refractivity contribution in [3.8, 4) is 6.07 Å². The molecule has 0 aromatic heterocycles. The predicted octanol–water partition coefficient (Wildman–Crippen LogP) is 3.25. The first kappa shape index (κ1) is 15.5. The molecule has 0 unspecified atom stereocenters. The molecule has 0 radical (unpaired) electrons. The number of nitrogens with zero attached hydrogens (tertiary/aromatic N) is 1. The van der Waals surface area contributed by atoms with Gasteiger partial charge in [0.15, 0.2) is 0 Å². The molecule has 22 heavy (non-hydrogen) atoms. The summed E-state index contributed by atoms with van der Waals surface area (Å²) >= 11 is 0. The van der Waals surface area contributed by atoms with Crippen molar-refractivity contribution in [2.24, 2.45) is 0 Å². The summed E-state index contributed by atoms with van der Waals surface area (Å²) in [5.41, 5.74) is 3.04. The van der Waals surface area contributed by atoms with Crippen molar-refractivity contribution in [2.45, 2.75) is 13.3 Å². The topological polar surface area (TPSA) is 64.9 Å². The van der Waals surface area contributed by atoms with Crippen molar-refractivity contribution in [3.05, 3.63) is 59.4 Å². The monoisotopic (exact) mass is 297 g/mol. The van der Waals surface area contributed by atoms with Gasteiger partial charge in [0.2, 0.25) is 5.91 Å². The highest BCUT2D eigenvalue weighted by molar-refractivity contribution is 5.93. The smallest absolute Gasteiger partial charge is 0.243 e. The number of amides is 1. The van der Waals surface area contributed by atoms with E-state index in [0.29, 0.717) is 12.1 Å². The van der Waals surface area contributed by atoms with Crippen molar-refractivity contribution < 1.29 is 9.18 Å². The van der Waals surface area contributed by atoms with Crippen LogP contribution in [0.3, 0.4) is 0 Å². The Balaban J connectivity index is 1.89. The first-order valence-electron chi connectivity index (χ1n) is 6.84. The Labute approximate surface area is 128 Å². The van der Waals surface area contributed by atoms with Gasteiger partial charge in [-0.05, 0) is 48.4 Å². The maximum Gasteiger partial charge on any atom is 0.243 e. The quantitative estimate of drug-likeness (QED) is 0.890. The van der Waals surface area contributed by atoms with Crippen LogP contribution in [0.4, 0.5) is 15.8 Å². The first-order chi connectivity index (χ1) is 10.6. The van der Waals surface area contributed by atoms with Crippen molar-refractivity contribution in [1.82, 2.24) is 0 Å². The molecule has 0 bridgehead atoms. The van der Waals surface area contributed by atoms with Gasteiger partial charge < -0.3 is 10.6 Å². The lowest BCUT2D eigenvalue weighted by Gasteiger charge is -2.10. The van der Waals surface area contributed by atoms with Crippen molar-refractivity contribution in [1.29, 1.82) is 5.26 Å². The zero-order valence-electron chi connectivity index (χ0n) is 12.2. The molecule has 0 atom stereocenters. The second-order valence-corrected chi connectivity index (χ2v) is 4.89. The van der Waals surface area contributed by atoms with E-state index in [1.54, 1.807) is 37.3 Å². The van der Waals surface area contributed by atoms with Crippen LogP contribution in [-0.4, -0.2) is 12.5 Å². The minimum absolute atomic E-state index is 0.0897. The summed E-state index contributed by atoms with van der Waals surface area (Å²) < 4.78 is 13.0. The molecular formula is C17H16FN3O. The standard InChI is InChI=1S/C17H16FN3O/c1-12-10-14(18)4-7-16(12)20-11-17(22)21-15-5-2-13(3-6-15)8-9-19/h2-7,10,20H,8,11H2,1H3,(H,21,22). The van der Waals surface area contributed by atoms with Crippen LogP contribution in [0.5, 0.6) is 0 Å². The van der Waals surface area contributed by atoms with Gasteiger partial charge in [-0.2, -0.15) is 5.26 Å². The zero-order valence-corrected chi connectivity index (χ0v) is 12.2. The number of benzene rings is 2. The van der Waals surface area contributed by atoms with Crippen molar-refractivity contribution in [3.63, 3.8) is 0 Å². The summed E-state index contributed by atoms with van der Waals surface area (Å²) in [7, 11) is 0. The van der Waals surface area contributed by atoms with E-state index in [1.165, 1.54) is 12.1 Å². The lowest BCUT2D eigenvalue weighted by Crippen LogP contribution is -2.22. The molecule has 0 fully saturated rings. The Morgan fingerprint density at radius 2 is 1.95 bits per heavy atom. The lowest BCUT2D eigenvalue weighted by atomic mass is 10.1. The number of nitriles is 1. The molecule has 4 nitrogen and oxygen atoms in total. The molecule has 2 aromatic rings. The van der Waals surface area contributed by atoms with Crippen molar-refractivity contribution >= 4 is 17.3 Å². The molecule has 0 heterocycles. The fraction of sp³-hybridized carbons (Fsp3) is 0.176. The highest BCUT2D eigenvalue weighted by Gasteiger charge is 2.04. The van der Waals surface area contributed by atoms with E-state index in [4.69, 9.17) is 5.26 Å². The Hall–Kier alpha value is -2.87. The minimum atomic E-state index is -0.301. The molecule has 0 aliphatic rings. The van der Waals surface area contributed by atoms with Crippen molar-refractivity contribution in [2.75, 3.05) is 17.2 Å². The van der Waals surface area contributed by atoms with Crippen LogP contribution >= 0.6 is 0 Å². The summed E-state index contributed by atoms with van der Waals surface area (Å²) in [6, 6.07) is 13.6. The molecule has 1 amide bonds. The van der Waals surface area contributed by atoms with Crippen LogP contribution in [0.2, 0.25) is 0 Å². The first-order valence-corrected chi connectivity index (χ1v) is 6.84. The summed E-state index contributed by atoms with van der Waals surface area (Å²) in [6.45, 7) is 1.86. The predicted molar refractivity (Wildman–Crippen MR) is 84.0 cm³/mol. The van der Waals surface area contributed by atoms with E-state index in [9.17, 15) is 9.18 Å². The van der Waals surface area contributed by atoms with E-state index in [-0.39, 0.29) is 18.3 Å². The minimum Gasteiger partial charge on any atom is -0.376 e. The van der Waals surface area contributed by atoms with Crippen LogP contribution in [0, 0.1) is 24.1 Å². The summed E-state index contributed by atoms with van der Waals surface area (Å²) in [5, 5.41) is 14.3. The third-order valence-electron chi connectivity index (χ3n) is 3.15. The third-order valence-corrected chi connectivity index (χ3v) is 3.15. The number of carbonyl (C=O) groups is 1. The lowest BCUT2D eigenvalue weighted by molar-refractivity contribution is -0.114. The summed E-state index contributed by atoms with van der Waals surface area (Å²) in [6.07, 6.45) is 0.347. The van der Waals surface area contributed by atoms with Gasteiger partial charge in [0.05, 0.1) is 19.0 Å². The van der Waals surface area contributed by atoms with E-state index >= 15 is 0 Å². The summed E-state index contributed by atoms with van der Waals surface area (Å²) in [4.78, 5) is 11.9. The zero-order chi connectivity index (χ0) is 15.9. The number of anilines is 2. The number of hydrogen-bond acceptors (Lipinski definition) is 3. The van der Waals surface area contributed by atoms with Gasteiger partial charge in [0.1, 0.15) is 5.82 Å². The van der Waals surface area contributed by atoms with Crippen LogP contribution < -0.4 is 10.6 Å². The van der Waals surface area contributed by atoms with Gasteiger partial charge in [-0.25, -0.2) is 4.39 Å². The fourth-order valence-corrected chi connectivity index (χ4v) is 2.00. The molecule has 0 aliphatic carbocycles. The maximum absolute atomic E-state index is 13.0. The number of halogens is 1. The van der Waals surface area contributed by atoms with E-state index in [0.717, 1.165) is 16.8 Å². The van der Waals surface area contributed by atoms with E-state index in [1.807, 2.05) is 0 Å². The molecule has 0 aliphatic heterocycles. The van der Waals surface area contributed by atoms with Gasteiger partial charge in [-0.15, -0.1) is 0 Å². The number of nitrogens with one attached hydrogen (secondary N) is 2. The maximum atomic E-state index is 13.0.